The van der Waals surface area contributed by atoms with Crippen LogP contribution in [0.15, 0.2) is 29.6 Å². The summed E-state index contributed by atoms with van der Waals surface area (Å²) in [7, 11) is 0. The van der Waals surface area contributed by atoms with Crippen molar-refractivity contribution in [2.24, 2.45) is 0 Å². The van der Waals surface area contributed by atoms with E-state index in [2.05, 4.69) is 10.3 Å². The van der Waals surface area contributed by atoms with Crippen molar-refractivity contribution in [1.29, 1.82) is 0 Å². The van der Waals surface area contributed by atoms with Crippen LogP contribution in [0.4, 0.5) is 0 Å². The van der Waals surface area contributed by atoms with E-state index in [9.17, 15) is 9.59 Å². The predicted octanol–water partition coefficient (Wildman–Crippen LogP) is 3.04. The van der Waals surface area contributed by atoms with E-state index in [0.29, 0.717) is 16.5 Å². The molecule has 114 valence electrons. The number of amides is 1. The molecule has 0 bridgehead atoms. The van der Waals surface area contributed by atoms with Crippen LogP contribution in [0.3, 0.4) is 0 Å². The number of aromatic nitrogens is 1. The quantitative estimate of drug-likeness (QED) is 0.888. The Kier molecular flexibility index (Phi) is 4.20. The molecule has 1 aliphatic rings. The van der Waals surface area contributed by atoms with Crippen LogP contribution in [-0.4, -0.2) is 22.0 Å². The Morgan fingerprint density at radius 1 is 1.27 bits per heavy atom. The number of hydrogen-bond acceptors (Lipinski definition) is 4. The number of nitrogens with one attached hydrogen (secondary N) is 1. The van der Waals surface area contributed by atoms with Crippen LogP contribution >= 0.6 is 11.3 Å². The number of rotatable bonds is 5. The molecule has 22 heavy (non-hydrogen) atoms. The summed E-state index contributed by atoms with van der Waals surface area (Å²) in [6, 6.07) is 7.72. The van der Waals surface area contributed by atoms with Gasteiger partial charge in [0.25, 0.3) is 5.91 Å². The van der Waals surface area contributed by atoms with Crippen LogP contribution in [-0.2, 0) is 6.54 Å². The lowest BCUT2D eigenvalue weighted by Crippen LogP contribution is -2.22. The van der Waals surface area contributed by atoms with Crippen molar-refractivity contribution in [3.63, 3.8) is 0 Å². The molecule has 2 N–H and O–H groups in total. The van der Waals surface area contributed by atoms with E-state index in [1.165, 1.54) is 41.5 Å². The molecule has 0 radical (unpaired) electrons. The number of thiazole rings is 1. The predicted molar refractivity (Wildman–Crippen MR) is 83.3 cm³/mol. The number of hydrogen-bond donors (Lipinski definition) is 2. The number of nitrogens with zero attached hydrogens (tertiary/aromatic N) is 1. The van der Waals surface area contributed by atoms with Gasteiger partial charge < -0.3 is 10.4 Å². The van der Waals surface area contributed by atoms with Gasteiger partial charge in [-0.3, -0.25) is 4.79 Å². The first-order chi connectivity index (χ1) is 10.6. The summed E-state index contributed by atoms with van der Waals surface area (Å²) in [6.07, 6.45) is 3.77. The van der Waals surface area contributed by atoms with Crippen LogP contribution < -0.4 is 5.32 Å². The summed E-state index contributed by atoms with van der Waals surface area (Å²) in [6.45, 7) is 0.237. The lowest BCUT2D eigenvalue weighted by molar-refractivity contribution is 0.0691. The first-order valence-electron chi connectivity index (χ1n) is 7.19. The average molecular weight is 316 g/mol. The summed E-state index contributed by atoms with van der Waals surface area (Å²) in [5.41, 5.74) is 1.92. The Balaban J connectivity index is 1.57. The van der Waals surface area contributed by atoms with Gasteiger partial charge in [-0.25, -0.2) is 9.78 Å². The molecule has 1 aliphatic carbocycles. The van der Waals surface area contributed by atoms with Gasteiger partial charge in [0.05, 0.1) is 6.54 Å². The van der Waals surface area contributed by atoms with Gasteiger partial charge in [-0.2, -0.15) is 0 Å². The number of carboxylic acid groups (broad SMARTS) is 1. The summed E-state index contributed by atoms with van der Waals surface area (Å²) in [5.74, 6) is -0.575. The van der Waals surface area contributed by atoms with Gasteiger partial charge >= 0.3 is 5.97 Å². The molecule has 1 aromatic carbocycles. The van der Waals surface area contributed by atoms with E-state index < -0.39 is 5.97 Å². The standard InChI is InChI=1S/C16H16N2O3S/c19-15(17-8-14-18-13(9-22-14)16(20)21)12-6-4-11(5-7-12)10-2-1-3-10/h4-7,9-10H,1-3,8H2,(H,17,19)(H,20,21). The number of benzene rings is 1. The molecule has 3 rings (SSSR count). The maximum Gasteiger partial charge on any atom is 0.355 e. The maximum atomic E-state index is 12.1. The zero-order valence-electron chi connectivity index (χ0n) is 11.9. The van der Waals surface area contributed by atoms with Crippen molar-refractivity contribution >= 4 is 23.2 Å². The molecule has 0 unspecified atom stereocenters. The normalized spacial score (nSPS) is 14.4. The fraction of sp³-hybridized carbons (Fsp3) is 0.312. The second-order valence-electron chi connectivity index (χ2n) is 5.36. The van der Waals surface area contributed by atoms with E-state index in [0.717, 1.165) is 0 Å². The van der Waals surface area contributed by atoms with E-state index in [4.69, 9.17) is 5.11 Å². The van der Waals surface area contributed by atoms with Gasteiger partial charge in [-0.1, -0.05) is 18.6 Å². The number of aromatic carboxylic acids is 1. The molecular formula is C16H16N2O3S. The summed E-state index contributed by atoms with van der Waals surface area (Å²) < 4.78 is 0. The highest BCUT2D eigenvalue weighted by molar-refractivity contribution is 7.09. The summed E-state index contributed by atoms with van der Waals surface area (Å²) in [5, 5.41) is 13.6. The highest BCUT2D eigenvalue weighted by atomic mass is 32.1. The van der Waals surface area contributed by atoms with Crippen molar-refractivity contribution in [3.8, 4) is 0 Å². The Bertz CT molecular complexity index is 690. The van der Waals surface area contributed by atoms with Crippen LogP contribution in [0.5, 0.6) is 0 Å². The number of carboxylic acids is 1. The molecule has 1 heterocycles. The zero-order chi connectivity index (χ0) is 15.5. The molecule has 1 aromatic heterocycles. The van der Waals surface area contributed by atoms with Gasteiger partial charge in [-0.15, -0.1) is 11.3 Å². The monoisotopic (exact) mass is 316 g/mol. The molecule has 0 atom stereocenters. The van der Waals surface area contributed by atoms with Crippen molar-refractivity contribution in [2.45, 2.75) is 31.7 Å². The number of carbonyl (C=O) groups excluding carboxylic acids is 1. The van der Waals surface area contributed by atoms with Crippen LogP contribution in [0.1, 0.15) is 56.6 Å². The Morgan fingerprint density at radius 2 is 2.00 bits per heavy atom. The van der Waals surface area contributed by atoms with Gasteiger partial charge in [0, 0.05) is 10.9 Å². The minimum absolute atomic E-state index is 0.0131. The third kappa shape index (κ3) is 3.17. The van der Waals surface area contributed by atoms with E-state index in [1.54, 1.807) is 0 Å². The minimum atomic E-state index is -1.06. The van der Waals surface area contributed by atoms with E-state index in [-0.39, 0.29) is 18.1 Å². The molecule has 0 spiro atoms. The van der Waals surface area contributed by atoms with Gasteiger partial charge in [-0.05, 0) is 36.5 Å². The molecule has 1 saturated carbocycles. The molecule has 1 fully saturated rings. The lowest BCUT2D eigenvalue weighted by Gasteiger charge is -2.25. The van der Waals surface area contributed by atoms with Gasteiger partial charge in [0.1, 0.15) is 5.01 Å². The zero-order valence-corrected chi connectivity index (χ0v) is 12.7. The Labute approximate surface area is 132 Å². The van der Waals surface area contributed by atoms with Crippen LogP contribution in [0.2, 0.25) is 0 Å². The van der Waals surface area contributed by atoms with Crippen molar-refractivity contribution < 1.29 is 14.7 Å². The highest BCUT2D eigenvalue weighted by Gasteiger charge is 2.19. The summed E-state index contributed by atoms with van der Waals surface area (Å²) >= 11 is 1.23. The van der Waals surface area contributed by atoms with Crippen molar-refractivity contribution in [3.05, 3.63) is 51.5 Å². The third-order valence-electron chi connectivity index (χ3n) is 3.92. The molecule has 5 nitrogen and oxygen atoms in total. The second-order valence-corrected chi connectivity index (χ2v) is 6.31. The first kappa shape index (κ1) is 14.7. The Morgan fingerprint density at radius 3 is 2.55 bits per heavy atom. The van der Waals surface area contributed by atoms with Crippen LogP contribution in [0.25, 0.3) is 0 Å². The van der Waals surface area contributed by atoms with E-state index in [1.807, 2.05) is 24.3 Å². The van der Waals surface area contributed by atoms with Crippen LogP contribution in [0, 0.1) is 0 Å². The maximum absolute atomic E-state index is 12.1. The van der Waals surface area contributed by atoms with Gasteiger partial charge in [0.2, 0.25) is 0 Å². The molecule has 6 heteroatoms. The molecule has 0 saturated heterocycles. The van der Waals surface area contributed by atoms with E-state index >= 15 is 0 Å². The van der Waals surface area contributed by atoms with Gasteiger partial charge in [0.15, 0.2) is 5.69 Å². The molecular weight excluding hydrogens is 300 g/mol. The fourth-order valence-electron chi connectivity index (χ4n) is 2.40. The average Bonchev–Trinajstić information content (AvgIpc) is 2.93. The second kappa shape index (κ2) is 6.27. The largest absolute Gasteiger partial charge is 0.476 e. The first-order valence-corrected chi connectivity index (χ1v) is 8.07. The van der Waals surface area contributed by atoms with Crippen molar-refractivity contribution in [1.82, 2.24) is 10.3 Å². The van der Waals surface area contributed by atoms with Crippen molar-refractivity contribution in [2.75, 3.05) is 0 Å². The fourth-order valence-corrected chi connectivity index (χ4v) is 3.10. The minimum Gasteiger partial charge on any atom is -0.476 e. The lowest BCUT2D eigenvalue weighted by atomic mass is 9.80. The molecule has 0 aliphatic heterocycles. The summed E-state index contributed by atoms with van der Waals surface area (Å²) in [4.78, 5) is 26.8. The SMILES string of the molecule is O=C(NCc1nc(C(=O)O)cs1)c1ccc(C2CCC2)cc1. The smallest absolute Gasteiger partial charge is 0.355 e. The molecule has 2 aromatic rings. The molecule has 1 amide bonds. The topological polar surface area (TPSA) is 79.3 Å². The number of carbonyl (C=O) groups is 2. The Hall–Kier alpha value is -2.21. The third-order valence-corrected chi connectivity index (χ3v) is 4.77. The highest BCUT2D eigenvalue weighted by Crippen LogP contribution is 2.36.